The standard InChI is InChI=1S/C25H23ClN4O2/c1-2-29(18-10-4-3-5-11-18)24(31)17-30-22-15-9-8-14-21(22)28-23(30)16-27-25(32)19-12-6-7-13-20(19)26/h3-15H,2,16-17H2,1H3,(H,27,32). The van der Waals surface area contributed by atoms with E-state index in [0.717, 1.165) is 16.7 Å². The molecule has 0 aliphatic carbocycles. The number of halogens is 1. The monoisotopic (exact) mass is 446 g/mol. The van der Waals surface area contributed by atoms with Crippen LogP contribution in [0.2, 0.25) is 5.02 Å². The fourth-order valence-corrected chi connectivity index (χ4v) is 3.89. The molecule has 0 radical (unpaired) electrons. The second kappa shape index (κ2) is 9.66. The van der Waals surface area contributed by atoms with Crippen LogP contribution in [-0.2, 0) is 17.9 Å². The van der Waals surface area contributed by atoms with Gasteiger partial charge in [-0.1, -0.05) is 54.1 Å². The first-order valence-electron chi connectivity index (χ1n) is 10.4. The van der Waals surface area contributed by atoms with Crippen molar-refractivity contribution < 1.29 is 9.59 Å². The van der Waals surface area contributed by atoms with Gasteiger partial charge in [-0.3, -0.25) is 9.59 Å². The van der Waals surface area contributed by atoms with Crippen LogP contribution in [0.3, 0.4) is 0 Å². The topological polar surface area (TPSA) is 67.2 Å². The van der Waals surface area contributed by atoms with E-state index in [1.807, 2.05) is 66.1 Å². The number of benzene rings is 3. The van der Waals surface area contributed by atoms with Crippen LogP contribution >= 0.6 is 11.6 Å². The summed E-state index contributed by atoms with van der Waals surface area (Å²) in [7, 11) is 0. The average Bonchev–Trinajstić information content (AvgIpc) is 3.16. The molecular formula is C25H23ClN4O2. The van der Waals surface area contributed by atoms with E-state index < -0.39 is 0 Å². The molecule has 0 saturated heterocycles. The highest BCUT2D eigenvalue weighted by Gasteiger charge is 2.19. The van der Waals surface area contributed by atoms with Crippen molar-refractivity contribution in [2.45, 2.75) is 20.0 Å². The fraction of sp³-hybridized carbons (Fsp3) is 0.160. The van der Waals surface area contributed by atoms with Gasteiger partial charge in [0.2, 0.25) is 5.91 Å². The molecule has 4 aromatic rings. The maximum Gasteiger partial charge on any atom is 0.253 e. The summed E-state index contributed by atoms with van der Waals surface area (Å²) in [5.41, 5.74) is 2.85. The summed E-state index contributed by atoms with van der Waals surface area (Å²) in [4.78, 5) is 32.2. The minimum atomic E-state index is -0.292. The van der Waals surface area contributed by atoms with E-state index in [9.17, 15) is 9.59 Å². The molecule has 32 heavy (non-hydrogen) atoms. The van der Waals surface area contributed by atoms with E-state index >= 15 is 0 Å². The Morgan fingerprint density at radius 2 is 1.66 bits per heavy atom. The molecule has 6 nitrogen and oxygen atoms in total. The van der Waals surface area contributed by atoms with E-state index in [1.165, 1.54) is 0 Å². The third-order valence-electron chi connectivity index (χ3n) is 5.24. The molecule has 0 fully saturated rings. The van der Waals surface area contributed by atoms with Crippen molar-refractivity contribution in [2.24, 2.45) is 0 Å². The molecular weight excluding hydrogens is 424 g/mol. The number of nitrogens with one attached hydrogen (secondary N) is 1. The minimum Gasteiger partial charge on any atom is -0.345 e. The summed E-state index contributed by atoms with van der Waals surface area (Å²) >= 11 is 6.14. The molecule has 0 aliphatic rings. The number of imidazole rings is 1. The largest absolute Gasteiger partial charge is 0.345 e. The third kappa shape index (κ3) is 4.50. The van der Waals surface area contributed by atoms with Gasteiger partial charge in [-0.25, -0.2) is 4.98 Å². The van der Waals surface area contributed by atoms with Crippen LogP contribution in [0, 0.1) is 0 Å². The number of para-hydroxylation sites is 3. The molecule has 1 N–H and O–H groups in total. The number of hydrogen-bond acceptors (Lipinski definition) is 3. The normalized spacial score (nSPS) is 10.8. The van der Waals surface area contributed by atoms with Gasteiger partial charge in [0.25, 0.3) is 5.91 Å². The first-order valence-corrected chi connectivity index (χ1v) is 10.8. The van der Waals surface area contributed by atoms with Crippen molar-refractivity contribution >= 4 is 40.1 Å². The smallest absolute Gasteiger partial charge is 0.253 e. The molecule has 2 amide bonds. The van der Waals surface area contributed by atoms with Crippen molar-refractivity contribution in [2.75, 3.05) is 11.4 Å². The Labute approximate surface area is 191 Å². The molecule has 1 heterocycles. The average molecular weight is 447 g/mol. The summed E-state index contributed by atoms with van der Waals surface area (Å²) in [6.07, 6.45) is 0. The molecule has 3 aromatic carbocycles. The summed E-state index contributed by atoms with van der Waals surface area (Å²) in [6, 6.07) is 24.1. The summed E-state index contributed by atoms with van der Waals surface area (Å²) in [5.74, 6) is 0.254. The lowest BCUT2D eigenvalue weighted by molar-refractivity contribution is -0.119. The molecule has 0 unspecified atom stereocenters. The van der Waals surface area contributed by atoms with Gasteiger partial charge in [0, 0.05) is 12.2 Å². The second-order valence-electron chi connectivity index (χ2n) is 7.24. The number of fused-ring (bicyclic) bond motifs is 1. The Hall–Kier alpha value is -3.64. The van der Waals surface area contributed by atoms with Crippen molar-refractivity contribution in [1.82, 2.24) is 14.9 Å². The second-order valence-corrected chi connectivity index (χ2v) is 7.65. The van der Waals surface area contributed by atoms with Gasteiger partial charge in [-0.2, -0.15) is 0 Å². The SMILES string of the molecule is CCN(C(=O)Cn1c(CNC(=O)c2ccccc2Cl)nc2ccccc21)c1ccccc1. The van der Waals surface area contributed by atoms with E-state index in [0.29, 0.717) is 23.0 Å². The maximum atomic E-state index is 13.2. The molecule has 7 heteroatoms. The van der Waals surface area contributed by atoms with Gasteiger partial charge in [0.05, 0.1) is 28.2 Å². The number of carbonyl (C=O) groups is 2. The van der Waals surface area contributed by atoms with Crippen LogP contribution < -0.4 is 10.2 Å². The van der Waals surface area contributed by atoms with Gasteiger partial charge in [0.1, 0.15) is 12.4 Å². The number of amides is 2. The van der Waals surface area contributed by atoms with Crippen molar-refractivity contribution in [3.63, 3.8) is 0 Å². The number of aromatic nitrogens is 2. The van der Waals surface area contributed by atoms with Gasteiger partial charge in [-0.05, 0) is 43.3 Å². The minimum absolute atomic E-state index is 0.0551. The fourth-order valence-electron chi connectivity index (χ4n) is 3.67. The third-order valence-corrected chi connectivity index (χ3v) is 5.57. The van der Waals surface area contributed by atoms with Crippen LogP contribution in [0.4, 0.5) is 5.69 Å². The maximum absolute atomic E-state index is 13.2. The summed E-state index contributed by atoms with van der Waals surface area (Å²) in [5, 5.41) is 3.26. The number of nitrogens with zero attached hydrogens (tertiary/aromatic N) is 3. The van der Waals surface area contributed by atoms with Gasteiger partial charge in [-0.15, -0.1) is 0 Å². The van der Waals surface area contributed by atoms with Crippen LogP contribution in [0.15, 0.2) is 78.9 Å². The first kappa shape index (κ1) is 21.6. The first-order chi connectivity index (χ1) is 15.6. The Morgan fingerprint density at radius 3 is 2.41 bits per heavy atom. The molecule has 0 atom stereocenters. The van der Waals surface area contributed by atoms with Crippen LogP contribution in [0.1, 0.15) is 23.1 Å². The predicted molar refractivity (Wildman–Crippen MR) is 127 cm³/mol. The van der Waals surface area contributed by atoms with E-state index in [1.54, 1.807) is 29.2 Å². The van der Waals surface area contributed by atoms with Crippen LogP contribution in [0.25, 0.3) is 11.0 Å². The Balaban J connectivity index is 1.60. The molecule has 0 spiro atoms. The molecule has 162 valence electrons. The lowest BCUT2D eigenvalue weighted by Gasteiger charge is -2.22. The molecule has 1 aromatic heterocycles. The van der Waals surface area contributed by atoms with E-state index in [2.05, 4.69) is 10.3 Å². The summed E-state index contributed by atoms with van der Waals surface area (Å²) in [6.45, 7) is 2.78. The highest BCUT2D eigenvalue weighted by Crippen LogP contribution is 2.19. The van der Waals surface area contributed by atoms with Gasteiger partial charge >= 0.3 is 0 Å². The number of hydrogen-bond donors (Lipinski definition) is 1. The lowest BCUT2D eigenvalue weighted by Crippen LogP contribution is -2.34. The van der Waals surface area contributed by atoms with Crippen LogP contribution in [0.5, 0.6) is 0 Å². The van der Waals surface area contributed by atoms with Gasteiger partial charge in [0.15, 0.2) is 0 Å². The lowest BCUT2D eigenvalue weighted by atomic mass is 10.2. The number of likely N-dealkylation sites (N-methyl/N-ethyl adjacent to an activating group) is 1. The van der Waals surface area contributed by atoms with Crippen molar-refractivity contribution in [3.8, 4) is 0 Å². The Kier molecular flexibility index (Phi) is 6.52. The Bertz CT molecular complexity index is 1250. The van der Waals surface area contributed by atoms with E-state index in [4.69, 9.17) is 11.6 Å². The van der Waals surface area contributed by atoms with Crippen molar-refractivity contribution in [3.05, 3.63) is 95.3 Å². The Morgan fingerprint density at radius 1 is 0.969 bits per heavy atom. The van der Waals surface area contributed by atoms with Crippen molar-refractivity contribution in [1.29, 1.82) is 0 Å². The number of anilines is 1. The molecule has 0 bridgehead atoms. The molecule has 0 aliphatic heterocycles. The zero-order chi connectivity index (χ0) is 22.5. The number of carbonyl (C=O) groups excluding carboxylic acids is 2. The predicted octanol–water partition coefficient (Wildman–Crippen LogP) is 4.67. The molecule has 4 rings (SSSR count). The molecule has 0 saturated carbocycles. The summed E-state index contributed by atoms with van der Waals surface area (Å²) < 4.78 is 1.86. The zero-order valence-electron chi connectivity index (χ0n) is 17.7. The highest BCUT2D eigenvalue weighted by molar-refractivity contribution is 6.33. The quantitative estimate of drug-likeness (QED) is 0.448. The van der Waals surface area contributed by atoms with Gasteiger partial charge < -0.3 is 14.8 Å². The number of rotatable bonds is 7. The highest BCUT2D eigenvalue weighted by atomic mass is 35.5. The van der Waals surface area contributed by atoms with E-state index in [-0.39, 0.29) is 24.9 Å². The van der Waals surface area contributed by atoms with Crippen LogP contribution in [-0.4, -0.2) is 27.9 Å². The zero-order valence-corrected chi connectivity index (χ0v) is 18.4.